The van der Waals surface area contributed by atoms with Crippen molar-refractivity contribution < 1.29 is 4.42 Å². The second-order valence-electron chi connectivity index (χ2n) is 12.0. The standard InChI is InChI=1S/C36H27N7O/c1-18(2)20-9-7-10-21-23-16-25-28(22-8-5-6-11-24(22)44-25)27(19(3)4)36(23)43(35(20)21)26-17-41-33-31-29(37-12-13-39-31)30-32(34(33)42-26)40-15-14-38-30/h5-19H,1-4H3. The minimum absolute atomic E-state index is 0.201. The van der Waals surface area contributed by atoms with Crippen molar-refractivity contribution in [1.82, 2.24) is 34.5 Å². The zero-order valence-electron chi connectivity index (χ0n) is 24.7. The van der Waals surface area contributed by atoms with E-state index in [-0.39, 0.29) is 11.8 Å². The van der Waals surface area contributed by atoms with E-state index in [0.29, 0.717) is 33.1 Å². The van der Waals surface area contributed by atoms with E-state index in [4.69, 9.17) is 19.4 Å². The first-order chi connectivity index (χ1) is 21.5. The van der Waals surface area contributed by atoms with Gasteiger partial charge >= 0.3 is 0 Å². The number of nitrogens with zero attached hydrogens (tertiary/aromatic N) is 7. The van der Waals surface area contributed by atoms with Crippen LogP contribution >= 0.6 is 0 Å². The molecule has 0 aliphatic carbocycles. The Hall–Kier alpha value is -5.50. The summed E-state index contributed by atoms with van der Waals surface area (Å²) in [5.41, 5.74) is 10.4. The van der Waals surface area contributed by atoms with Gasteiger partial charge in [-0.05, 0) is 35.1 Å². The first-order valence-electron chi connectivity index (χ1n) is 14.9. The summed E-state index contributed by atoms with van der Waals surface area (Å²) in [5.74, 6) is 1.20. The van der Waals surface area contributed by atoms with Crippen molar-refractivity contribution in [3.63, 3.8) is 0 Å². The van der Waals surface area contributed by atoms with Gasteiger partial charge in [0.25, 0.3) is 0 Å². The number of hydrogen-bond acceptors (Lipinski definition) is 7. The molecule has 0 amide bonds. The Labute approximate surface area is 251 Å². The number of hydrogen-bond donors (Lipinski definition) is 0. The van der Waals surface area contributed by atoms with Crippen molar-refractivity contribution in [3.8, 4) is 5.82 Å². The summed E-state index contributed by atoms with van der Waals surface area (Å²) in [6.45, 7) is 8.97. The lowest BCUT2D eigenvalue weighted by molar-refractivity contribution is 0.669. The summed E-state index contributed by atoms with van der Waals surface area (Å²) in [6.07, 6.45) is 8.57. The Bertz CT molecular complexity index is 2600. The summed E-state index contributed by atoms with van der Waals surface area (Å²) in [4.78, 5) is 28.9. The minimum atomic E-state index is 0.201. The molecule has 0 N–H and O–H groups in total. The first-order valence-corrected chi connectivity index (χ1v) is 14.9. The van der Waals surface area contributed by atoms with E-state index < -0.39 is 0 Å². The maximum Gasteiger partial charge on any atom is 0.157 e. The van der Waals surface area contributed by atoms with Crippen LogP contribution in [0.15, 0.2) is 83.9 Å². The Morgan fingerprint density at radius 2 is 1.23 bits per heavy atom. The first kappa shape index (κ1) is 25.0. The molecule has 0 bridgehead atoms. The Morgan fingerprint density at radius 3 is 1.91 bits per heavy atom. The lowest BCUT2D eigenvalue weighted by Crippen LogP contribution is -2.05. The lowest BCUT2D eigenvalue weighted by Gasteiger charge is -2.16. The van der Waals surface area contributed by atoms with Gasteiger partial charge in [-0.15, -0.1) is 0 Å². The molecule has 9 rings (SSSR count). The topological polar surface area (TPSA) is 95.4 Å². The zero-order valence-corrected chi connectivity index (χ0v) is 24.7. The monoisotopic (exact) mass is 573 g/mol. The Kier molecular flexibility index (Phi) is 5.12. The molecule has 0 spiro atoms. The fraction of sp³-hybridized carbons (Fsp3) is 0.167. The molecule has 0 saturated carbocycles. The van der Waals surface area contributed by atoms with E-state index in [1.807, 2.05) is 18.3 Å². The molecular weight excluding hydrogens is 546 g/mol. The summed E-state index contributed by atoms with van der Waals surface area (Å²) in [6, 6.07) is 17.1. The van der Waals surface area contributed by atoms with Crippen LogP contribution in [-0.4, -0.2) is 34.5 Å². The quantitative estimate of drug-likeness (QED) is 0.195. The molecule has 0 fully saturated rings. The molecule has 44 heavy (non-hydrogen) atoms. The van der Waals surface area contributed by atoms with Crippen molar-refractivity contribution in [2.75, 3.05) is 0 Å². The van der Waals surface area contributed by atoms with Crippen LogP contribution in [0.2, 0.25) is 0 Å². The fourth-order valence-corrected chi connectivity index (χ4v) is 6.95. The average molecular weight is 574 g/mol. The summed E-state index contributed by atoms with van der Waals surface area (Å²) >= 11 is 0. The second-order valence-corrected chi connectivity index (χ2v) is 12.0. The number of fused-ring (bicyclic) bond motifs is 12. The molecular formula is C36H27N7O. The molecule has 8 heteroatoms. The van der Waals surface area contributed by atoms with E-state index in [0.717, 1.165) is 49.6 Å². The van der Waals surface area contributed by atoms with Crippen LogP contribution in [0.5, 0.6) is 0 Å². The normalized spacial score (nSPS) is 12.5. The van der Waals surface area contributed by atoms with Gasteiger partial charge < -0.3 is 4.42 Å². The van der Waals surface area contributed by atoms with Gasteiger partial charge in [-0.3, -0.25) is 24.5 Å². The van der Waals surface area contributed by atoms with Gasteiger partial charge in [0.05, 0.1) is 17.2 Å². The predicted octanol–water partition coefficient (Wildman–Crippen LogP) is 8.76. The Morgan fingerprint density at radius 1 is 0.591 bits per heavy atom. The fourth-order valence-electron chi connectivity index (χ4n) is 6.95. The zero-order chi connectivity index (χ0) is 29.7. The van der Waals surface area contributed by atoms with E-state index >= 15 is 0 Å². The number of rotatable bonds is 3. The average Bonchev–Trinajstić information content (AvgIpc) is 3.58. The number of aromatic nitrogens is 7. The molecule has 5 heterocycles. The lowest BCUT2D eigenvalue weighted by atomic mass is 9.94. The molecule has 212 valence electrons. The third kappa shape index (κ3) is 3.28. The smallest absolute Gasteiger partial charge is 0.157 e. The van der Waals surface area contributed by atoms with Crippen molar-refractivity contribution in [2.24, 2.45) is 0 Å². The highest BCUT2D eigenvalue weighted by molar-refractivity contribution is 6.21. The summed E-state index contributed by atoms with van der Waals surface area (Å²) in [7, 11) is 0. The molecule has 0 radical (unpaired) electrons. The van der Waals surface area contributed by atoms with Gasteiger partial charge in [-0.2, -0.15) is 0 Å². The van der Waals surface area contributed by atoms with Gasteiger partial charge in [-0.25, -0.2) is 9.97 Å². The predicted molar refractivity (Wildman–Crippen MR) is 176 cm³/mol. The van der Waals surface area contributed by atoms with Gasteiger partial charge in [0.15, 0.2) is 5.82 Å². The maximum atomic E-state index is 6.47. The molecule has 0 aliphatic rings. The largest absolute Gasteiger partial charge is 0.456 e. The number of para-hydroxylation sites is 2. The minimum Gasteiger partial charge on any atom is -0.456 e. The second kappa shape index (κ2) is 9.00. The SMILES string of the molecule is CC(C)c1cccc2c3cc4oc5ccccc5c4c(C(C)C)c3n(-c3cnc4c5nccnc5c5nccnc5c4n3)c12. The highest BCUT2D eigenvalue weighted by Gasteiger charge is 2.26. The van der Waals surface area contributed by atoms with Gasteiger partial charge in [-0.1, -0.05) is 64.1 Å². The highest BCUT2D eigenvalue weighted by atomic mass is 16.3. The molecule has 4 aromatic carbocycles. The van der Waals surface area contributed by atoms with E-state index in [9.17, 15) is 0 Å². The third-order valence-electron chi connectivity index (χ3n) is 8.74. The molecule has 0 aliphatic heterocycles. The summed E-state index contributed by atoms with van der Waals surface area (Å²) < 4.78 is 8.79. The molecule has 5 aromatic heterocycles. The van der Waals surface area contributed by atoms with E-state index in [1.54, 1.807) is 24.8 Å². The number of benzene rings is 4. The van der Waals surface area contributed by atoms with Gasteiger partial charge in [0.2, 0.25) is 0 Å². The molecule has 0 atom stereocenters. The van der Waals surface area contributed by atoms with Gasteiger partial charge in [0.1, 0.15) is 44.3 Å². The van der Waals surface area contributed by atoms with Crippen LogP contribution < -0.4 is 0 Å². The van der Waals surface area contributed by atoms with Crippen molar-refractivity contribution in [3.05, 3.63) is 90.6 Å². The summed E-state index contributed by atoms with van der Waals surface area (Å²) in [5, 5.41) is 4.55. The highest BCUT2D eigenvalue weighted by Crippen LogP contribution is 2.45. The van der Waals surface area contributed by atoms with E-state index in [1.165, 1.54) is 11.1 Å². The van der Waals surface area contributed by atoms with Gasteiger partial charge in [0, 0.05) is 46.3 Å². The molecule has 0 unspecified atom stereocenters. The Balaban J connectivity index is 1.52. The third-order valence-corrected chi connectivity index (χ3v) is 8.74. The van der Waals surface area contributed by atoms with Crippen LogP contribution in [0.25, 0.3) is 82.7 Å². The van der Waals surface area contributed by atoms with Crippen molar-refractivity contribution in [1.29, 1.82) is 0 Å². The van der Waals surface area contributed by atoms with Crippen LogP contribution in [0, 0.1) is 0 Å². The molecule has 8 nitrogen and oxygen atoms in total. The van der Waals surface area contributed by atoms with Crippen LogP contribution in [0.4, 0.5) is 0 Å². The van der Waals surface area contributed by atoms with Crippen molar-refractivity contribution in [2.45, 2.75) is 39.5 Å². The maximum absolute atomic E-state index is 6.47. The van der Waals surface area contributed by atoms with Crippen molar-refractivity contribution >= 4 is 76.8 Å². The van der Waals surface area contributed by atoms with Crippen LogP contribution in [-0.2, 0) is 0 Å². The van der Waals surface area contributed by atoms with Crippen LogP contribution in [0.3, 0.4) is 0 Å². The number of furan rings is 1. The van der Waals surface area contributed by atoms with E-state index in [2.05, 4.69) is 83.6 Å². The molecule has 0 saturated heterocycles. The van der Waals surface area contributed by atoms with Crippen LogP contribution in [0.1, 0.15) is 50.7 Å². The molecule has 9 aromatic rings.